The third-order valence-corrected chi connectivity index (χ3v) is 12.8. The van der Waals surface area contributed by atoms with E-state index in [1.165, 1.54) is 59.3 Å². The summed E-state index contributed by atoms with van der Waals surface area (Å²) in [5.41, 5.74) is 0.676. The molecule has 0 amide bonds. The van der Waals surface area contributed by atoms with Crippen molar-refractivity contribution in [2.24, 2.45) is 16.7 Å². The molecule has 0 aromatic carbocycles. The van der Waals surface area contributed by atoms with E-state index in [0.717, 1.165) is 5.92 Å². The summed E-state index contributed by atoms with van der Waals surface area (Å²) in [4.78, 5) is 0. The highest BCUT2D eigenvalue weighted by molar-refractivity contribution is 6.71. The van der Waals surface area contributed by atoms with Crippen LogP contribution in [0.5, 0.6) is 0 Å². The molecule has 2 fully saturated rings. The van der Waals surface area contributed by atoms with Crippen molar-refractivity contribution in [3.8, 4) is 0 Å². The van der Waals surface area contributed by atoms with Gasteiger partial charge >= 0.3 is 0 Å². The van der Waals surface area contributed by atoms with Crippen LogP contribution < -0.4 is 0 Å². The standard InChI is InChI=1S/2C10H22OSi.C4H9.Al.2H/c2*1-10(2,3)9-7-6-8-12(4,5)11-9;1-4(2)3;;;/h2*9H,6-8H2,1-5H3;4H,1H2,2-3H3;;;. The fourth-order valence-corrected chi connectivity index (χ4v) is 8.48. The monoisotopic (exact) mass is 458 g/mol. The zero-order valence-corrected chi connectivity index (χ0v) is 26.5. The van der Waals surface area contributed by atoms with Crippen LogP contribution >= 0.6 is 0 Å². The summed E-state index contributed by atoms with van der Waals surface area (Å²) >= 11 is 1.37. The van der Waals surface area contributed by atoms with Crippen LogP contribution in [0.1, 0.15) is 81.1 Å². The normalized spacial score (nSPS) is 26.7. The van der Waals surface area contributed by atoms with Crippen molar-refractivity contribution < 1.29 is 8.85 Å². The van der Waals surface area contributed by atoms with E-state index in [0.29, 0.717) is 23.0 Å². The van der Waals surface area contributed by atoms with Gasteiger partial charge in [0, 0.05) is 12.2 Å². The zero-order chi connectivity index (χ0) is 23.1. The van der Waals surface area contributed by atoms with E-state index in [2.05, 4.69) is 81.6 Å². The molecule has 2 aliphatic heterocycles. The molecule has 2 aliphatic rings. The van der Waals surface area contributed by atoms with Gasteiger partial charge in [0.15, 0.2) is 16.6 Å². The molecule has 5 heteroatoms. The van der Waals surface area contributed by atoms with Crippen LogP contribution in [0.2, 0.25) is 43.6 Å². The van der Waals surface area contributed by atoms with Gasteiger partial charge in [-0.15, -0.1) is 0 Å². The summed E-state index contributed by atoms with van der Waals surface area (Å²) in [6.45, 7) is 27.6. The Morgan fingerprint density at radius 1 is 0.759 bits per heavy atom. The summed E-state index contributed by atoms with van der Waals surface area (Å²) in [7, 11) is -2.53. The van der Waals surface area contributed by atoms with Crippen LogP contribution in [0.3, 0.4) is 0 Å². The molecule has 2 unspecified atom stereocenters. The molecule has 0 N–H and O–H groups in total. The Morgan fingerprint density at radius 2 is 1.03 bits per heavy atom. The van der Waals surface area contributed by atoms with Crippen molar-refractivity contribution in [1.29, 1.82) is 0 Å². The predicted molar refractivity (Wildman–Crippen MR) is 140 cm³/mol. The van der Waals surface area contributed by atoms with Crippen LogP contribution in [-0.2, 0) is 8.85 Å². The molecule has 0 aliphatic carbocycles. The first-order valence-electron chi connectivity index (χ1n) is 12.3. The topological polar surface area (TPSA) is 18.5 Å². The molecular formula is C24H55AlO2Si2. The molecule has 174 valence electrons. The van der Waals surface area contributed by atoms with Crippen LogP contribution in [0, 0.1) is 16.7 Å². The minimum Gasteiger partial charge on any atom is -0.414 e. The lowest BCUT2D eigenvalue weighted by molar-refractivity contribution is 0.0573. The third-order valence-electron chi connectivity index (χ3n) is 6.16. The zero-order valence-electron chi connectivity index (χ0n) is 22.5. The Balaban J connectivity index is 0.000000442. The minimum atomic E-state index is -1.26. The van der Waals surface area contributed by atoms with Crippen LogP contribution in [0.4, 0.5) is 0 Å². The quantitative estimate of drug-likeness (QED) is 0.378. The van der Waals surface area contributed by atoms with Gasteiger partial charge in [-0.05, 0) is 61.9 Å². The lowest BCUT2D eigenvalue weighted by Gasteiger charge is -2.41. The molecule has 2 saturated heterocycles. The maximum Gasteiger partial charge on any atom is 0.212 e. The van der Waals surface area contributed by atoms with E-state index in [1.54, 1.807) is 0 Å². The Kier molecular flexibility index (Phi) is 12.6. The molecule has 2 nitrogen and oxygen atoms in total. The Labute approximate surface area is 195 Å². The van der Waals surface area contributed by atoms with Crippen molar-refractivity contribution in [2.45, 2.75) is 137 Å². The van der Waals surface area contributed by atoms with E-state index < -0.39 is 16.6 Å². The number of hydrogen-bond acceptors (Lipinski definition) is 2. The van der Waals surface area contributed by atoms with E-state index in [1.807, 2.05) is 0 Å². The molecule has 0 radical (unpaired) electrons. The predicted octanol–water partition coefficient (Wildman–Crippen LogP) is 7.53. The summed E-state index contributed by atoms with van der Waals surface area (Å²) < 4.78 is 12.4. The van der Waals surface area contributed by atoms with Gasteiger partial charge < -0.3 is 8.85 Å². The van der Waals surface area contributed by atoms with Crippen molar-refractivity contribution in [3.05, 3.63) is 0 Å². The smallest absolute Gasteiger partial charge is 0.212 e. The van der Waals surface area contributed by atoms with Gasteiger partial charge in [-0.25, -0.2) is 0 Å². The molecular weight excluding hydrogens is 403 g/mol. The molecule has 2 atom stereocenters. The number of rotatable bonds is 1. The lowest BCUT2D eigenvalue weighted by Crippen LogP contribution is -2.44. The second kappa shape index (κ2) is 12.2. The molecule has 2 heterocycles. The van der Waals surface area contributed by atoms with Crippen molar-refractivity contribution in [3.63, 3.8) is 0 Å². The Hall–Kier alpha value is 0.886. The summed E-state index contributed by atoms with van der Waals surface area (Å²) in [6.07, 6.45) is 6.29. The average molecular weight is 459 g/mol. The first-order chi connectivity index (χ1) is 12.9. The molecule has 0 spiro atoms. The van der Waals surface area contributed by atoms with Crippen molar-refractivity contribution >= 4 is 32.9 Å². The maximum atomic E-state index is 6.18. The fraction of sp³-hybridized carbons (Fsp3) is 1.00. The molecule has 0 aromatic heterocycles. The summed E-state index contributed by atoms with van der Waals surface area (Å²) in [6, 6.07) is 2.69. The number of hydrogen-bond donors (Lipinski definition) is 0. The van der Waals surface area contributed by atoms with Gasteiger partial charge in [-0.3, -0.25) is 0 Å². The highest BCUT2D eigenvalue weighted by Gasteiger charge is 2.37. The Bertz CT molecular complexity index is 406. The second-order valence-corrected chi connectivity index (χ2v) is 22.4. The summed E-state index contributed by atoms with van der Waals surface area (Å²) in [5, 5.41) is 1.44. The maximum absolute atomic E-state index is 6.18. The highest BCUT2D eigenvalue weighted by atomic mass is 28.4. The van der Waals surface area contributed by atoms with Crippen LogP contribution in [-0.4, -0.2) is 45.1 Å². The largest absolute Gasteiger partial charge is 0.414 e. The molecule has 0 bridgehead atoms. The van der Waals surface area contributed by atoms with Gasteiger partial charge in [-0.2, -0.15) is 0 Å². The minimum absolute atomic E-state index is 0.338. The van der Waals surface area contributed by atoms with Crippen LogP contribution in [0.15, 0.2) is 0 Å². The average Bonchev–Trinajstić information content (AvgIpc) is 2.52. The third kappa shape index (κ3) is 13.8. The molecule has 29 heavy (non-hydrogen) atoms. The van der Waals surface area contributed by atoms with Gasteiger partial charge in [0.25, 0.3) is 0 Å². The SMILES string of the molecule is CC(C)(C)C1CCC[Si](C)(C)O1.CC(C)(C)C1CCC[Si](C)(C)O1.CC(C)[CH2][AlH2]. The molecule has 2 rings (SSSR count). The summed E-state index contributed by atoms with van der Waals surface area (Å²) in [5.74, 6) is 0.946. The molecule has 0 saturated carbocycles. The van der Waals surface area contributed by atoms with E-state index in [-0.39, 0.29) is 0 Å². The van der Waals surface area contributed by atoms with Crippen molar-refractivity contribution in [1.82, 2.24) is 0 Å². The van der Waals surface area contributed by atoms with E-state index in [4.69, 9.17) is 8.85 Å². The van der Waals surface area contributed by atoms with E-state index >= 15 is 0 Å². The fourth-order valence-electron chi connectivity index (χ4n) is 3.65. The highest BCUT2D eigenvalue weighted by Crippen LogP contribution is 2.36. The van der Waals surface area contributed by atoms with Gasteiger partial charge in [-0.1, -0.05) is 79.4 Å². The second-order valence-electron chi connectivity index (χ2n) is 13.1. The molecule has 0 aromatic rings. The Morgan fingerprint density at radius 3 is 1.17 bits per heavy atom. The first-order valence-corrected chi connectivity index (χ1v) is 19.9. The van der Waals surface area contributed by atoms with Crippen LogP contribution in [0.25, 0.3) is 0 Å². The van der Waals surface area contributed by atoms with Gasteiger partial charge in [0.2, 0.25) is 16.3 Å². The van der Waals surface area contributed by atoms with Gasteiger partial charge in [0.1, 0.15) is 0 Å². The van der Waals surface area contributed by atoms with Gasteiger partial charge in [0.05, 0.1) is 0 Å². The van der Waals surface area contributed by atoms with E-state index in [9.17, 15) is 0 Å². The van der Waals surface area contributed by atoms with Crippen molar-refractivity contribution in [2.75, 3.05) is 0 Å². The first kappa shape index (κ1) is 29.9. The lowest BCUT2D eigenvalue weighted by atomic mass is 9.86.